The number of rotatable bonds is 8. The minimum absolute atomic E-state index is 0.179. The molecule has 0 atom stereocenters. The molecule has 9 heteroatoms. The summed E-state index contributed by atoms with van der Waals surface area (Å²) in [5, 5.41) is 18.0. The van der Waals surface area contributed by atoms with E-state index in [-0.39, 0.29) is 29.5 Å². The van der Waals surface area contributed by atoms with Crippen molar-refractivity contribution in [1.29, 1.82) is 0 Å². The Morgan fingerprint density at radius 1 is 1.17 bits per heavy atom. The summed E-state index contributed by atoms with van der Waals surface area (Å²) in [6.07, 6.45) is 3.72. The van der Waals surface area contributed by atoms with Gasteiger partial charge in [0.2, 0.25) is 5.91 Å². The van der Waals surface area contributed by atoms with Crippen molar-refractivity contribution in [3.05, 3.63) is 70.5 Å². The Kier molecular flexibility index (Phi) is 6.08. The zero-order valence-corrected chi connectivity index (χ0v) is 16.0. The minimum atomic E-state index is -0.539. The smallest absolute Gasteiger partial charge is 0.275 e. The number of hydrogen-bond acceptors (Lipinski definition) is 6. The molecule has 0 saturated heterocycles. The fourth-order valence-corrected chi connectivity index (χ4v) is 2.63. The zero-order valence-electron chi connectivity index (χ0n) is 16.0. The molecule has 150 valence electrons. The molecule has 29 heavy (non-hydrogen) atoms. The number of nitrogens with one attached hydrogen (secondary N) is 1. The lowest BCUT2D eigenvalue weighted by atomic mass is 10.2. The molecule has 1 aromatic heterocycles. The van der Waals surface area contributed by atoms with Crippen molar-refractivity contribution in [2.75, 3.05) is 12.4 Å². The Morgan fingerprint density at radius 3 is 2.52 bits per heavy atom. The van der Waals surface area contributed by atoms with Crippen molar-refractivity contribution in [3.63, 3.8) is 0 Å². The number of methoxy groups -OCH3 is 1. The minimum Gasteiger partial charge on any atom is -0.497 e. The summed E-state index contributed by atoms with van der Waals surface area (Å²) in [5.41, 5.74) is 1.10. The molecule has 0 aliphatic carbocycles. The molecule has 2 aromatic carbocycles. The van der Waals surface area contributed by atoms with Gasteiger partial charge in [0.1, 0.15) is 17.2 Å². The maximum atomic E-state index is 12.2. The zero-order chi connectivity index (χ0) is 20.8. The molecule has 1 N–H and O–H groups in total. The molecule has 0 radical (unpaired) electrons. The van der Waals surface area contributed by atoms with Gasteiger partial charge in [0.15, 0.2) is 0 Å². The van der Waals surface area contributed by atoms with Gasteiger partial charge < -0.3 is 14.8 Å². The van der Waals surface area contributed by atoms with E-state index in [0.29, 0.717) is 18.0 Å². The number of carbonyl (C=O) groups excluding carboxylic acids is 1. The number of ether oxygens (including phenoxy) is 2. The van der Waals surface area contributed by atoms with Gasteiger partial charge in [-0.3, -0.25) is 19.6 Å². The SMILES string of the molecule is COc1ccc(Oc2cc(NC(=O)CCn3cc(C)cn3)cc([N+](=O)[O-])c2)cc1. The molecular formula is C20H20N4O5. The Labute approximate surface area is 167 Å². The molecule has 3 aromatic rings. The number of hydrogen-bond donors (Lipinski definition) is 1. The summed E-state index contributed by atoms with van der Waals surface area (Å²) in [7, 11) is 1.55. The lowest BCUT2D eigenvalue weighted by molar-refractivity contribution is -0.384. The predicted molar refractivity (Wildman–Crippen MR) is 106 cm³/mol. The summed E-state index contributed by atoms with van der Waals surface area (Å²) in [6.45, 7) is 2.32. The number of nitro groups is 1. The normalized spacial score (nSPS) is 10.4. The van der Waals surface area contributed by atoms with E-state index in [1.165, 1.54) is 18.2 Å². The van der Waals surface area contributed by atoms with Crippen molar-refractivity contribution in [2.24, 2.45) is 0 Å². The molecule has 9 nitrogen and oxygen atoms in total. The number of carbonyl (C=O) groups is 1. The van der Waals surface area contributed by atoms with Crippen LogP contribution in [0.15, 0.2) is 54.9 Å². The second kappa shape index (κ2) is 8.87. The number of aryl methyl sites for hydroxylation is 2. The van der Waals surface area contributed by atoms with Crippen LogP contribution in [0, 0.1) is 17.0 Å². The second-order valence-electron chi connectivity index (χ2n) is 6.33. The summed E-state index contributed by atoms with van der Waals surface area (Å²) in [5.74, 6) is 1.10. The van der Waals surface area contributed by atoms with Crippen LogP contribution in [-0.4, -0.2) is 27.7 Å². The van der Waals surface area contributed by atoms with Gasteiger partial charge in [-0.2, -0.15) is 5.10 Å². The summed E-state index contributed by atoms with van der Waals surface area (Å²) >= 11 is 0. The van der Waals surface area contributed by atoms with Gasteiger partial charge in [0.25, 0.3) is 5.69 Å². The van der Waals surface area contributed by atoms with Gasteiger partial charge in [-0.15, -0.1) is 0 Å². The second-order valence-corrected chi connectivity index (χ2v) is 6.33. The Hall–Kier alpha value is -3.88. The number of non-ortho nitro benzene ring substituents is 1. The van der Waals surface area contributed by atoms with E-state index in [4.69, 9.17) is 9.47 Å². The third-order valence-corrected chi connectivity index (χ3v) is 4.01. The van der Waals surface area contributed by atoms with Gasteiger partial charge in [-0.25, -0.2) is 0 Å². The summed E-state index contributed by atoms with van der Waals surface area (Å²) in [4.78, 5) is 22.9. The third-order valence-electron chi connectivity index (χ3n) is 4.01. The van der Waals surface area contributed by atoms with Crippen LogP contribution < -0.4 is 14.8 Å². The van der Waals surface area contributed by atoms with E-state index >= 15 is 0 Å². The highest BCUT2D eigenvalue weighted by molar-refractivity contribution is 5.91. The third kappa shape index (κ3) is 5.55. The van der Waals surface area contributed by atoms with Crippen molar-refractivity contribution in [1.82, 2.24) is 9.78 Å². The van der Waals surface area contributed by atoms with Crippen LogP contribution >= 0.6 is 0 Å². The van der Waals surface area contributed by atoms with Gasteiger partial charge in [0, 0.05) is 31.3 Å². The quantitative estimate of drug-likeness (QED) is 0.456. The maximum Gasteiger partial charge on any atom is 0.275 e. The first-order chi connectivity index (χ1) is 13.9. The number of amides is 1. The molecule has 0 aliphatic heterocycles. The fraction of sp³-hybridized carbons (Fsp3) is 0.200. The van der Waals surface area contributed by atoms with Gasteiger partial charge in [-0.05, 0) is 36.8 Å². The van der Waals surface area contributed by atoms with Gasteiger partial charge in [-0.1, -0.05) is 0 Å². The molecule has 3 rings (SSSR count). The Morgan fingerprint density at radius 2 is 1.90 bits per heavy atom. The van der Waals surface area contributed by atoms with Gasteiger partial charge in [0.05, 0.1) is 30.0 Å². The molecule has 0 unspecified atom stereocenters. The molecule has 1 heterocycles. The molecule has 0 saturated carbocycles. The monoisotopic (exact) mass is 396 g/mol. The van der Waals surface area contributed by atoms with Crippen molar-refractivity contribution in [2.45, 2.75) is 19.9 Å². The Balaban J connectivity index is 1.71. The number of anilines is 1. The molecule has 0 bridgehead atoms. The number of aromatic nitrogens is 2. The van der Waals surface area contributed by atoms with E-state index < -0.39 is 4.92 Å². The van der Waals surface area contributed by atoms with E-state index in [0.717, 1.165) is 5.56 Å². The van der Waals surface area contributed by atoms with E-state index in [9.17, 15) is 14.9 Å². The van der Waals surface area contributed by atoms with Gasteiger partial charge >= 0.3 is 0 Å². The molecule has 0 aliphatic rings. The topological polar surface area (TPSA) is 109 Å². The van der Waals surface area contributed by atoms with Crippen LogP contribution in [-0.2, 0) is 11.3 Å². The van der Waals surface area contributed by atoms with Crippen LogP contribution in [0.1, 0.15) is 12.0 Å². The first kappa shape index (κ1) is 19.9. The fourth-order valence-electron chi connectivity index (χ4n) is 2.63. The number of nitro benzene ring substituents is 1. The van der Waals surface area contributed by atoms with Crippen molar-refractivity contribution < 1.29 is 19.2 Å². The summed E-state index contributed by atoms with van der Waals surface area (Å²) < 4.78 is 12.5. The van der Waals surface area contributed by atoms with E-state index in [1.807, 2.05) is 13.1 Å². The standard InChI is InChI=1S/C20H20N4O5/c1-14-12-21-23(13-14)8-7-20(25)22-15-9-16(24(26)27)11-19(10-15)29-18-5-3-17(28-2)4-6-18/h3-6,9-13H,7-8H2,1-2H3,(H,22,25). The van der Waals surface area contributed by atoms with Crippen molar-refractivity contribution in [3.8, 4) is 17.2 Å². The first-order valence-electron chi connectivity index (χ1n) is 8.83. The molecule has 0 fully saturated rings. The summed E-state index contributed by atoms with van der Waals surface area (Å²) in [6, 6.07) is 10.9. The number of nitrogens with zero attached hydrogens (tertiary/aromatic N) is 3. The van der Waals surface area contributed by atoms with Crippen LogP contribution in [0.25, 0.3) is 0 Å². The van der Waals surface area contributed by atoms with Crippen LogP contribution in [0.5, 0.6) is 17.2 Å². The largest absolute Gasteiger partial charge is 0.497 e. The average molecular weight is 396 g/mol. The molecule has 1 amide bonds. The lowest BCUT2D eigenvalue weighted by Gasteiger charge is -2.10. The van der Waals surface area contributed by atoms with Crippen LogP contribution in [0.3, 0.4) is 0 Å². The van der Waals surface area contributed by atoms with E-state index in [1.54, 1.807) is 42.3 Å². The maximum absolute atomic E-state index is 12.2. The first-order valence-corrected chi connectivity index (χ1v) is 8.83. The molecular weight excluding hydrogens is 376 g/mol. The number of benzene rings is 2. The Bertz CT molecular complexity index is 1010. The predicted octanol–water partition coefficient (Wildman–Crippen LogP) is 3.93. The van der Waals surface area contributed by atoms with Crippen LogP contribution in [0.2, 0.25) is 0 Å². The molecule has 0 spiro atoms. The highest BCUT2D eigenvalue weighted by Crippen LogP contribution is 2.30. The van der Waals surface area contributed by atoms with Crippen LogP contribution in [0.4, 0.5) is 11.4 Å². The van der Waals surface area contributed by atoms with E-state index in [2.05, 4.69) is 10.4 Å². The highest BCUT2D eigenvalue weighted by atomic mass is 16.6. The lowest BCUT2D eigenvalue weighted by Crippen LogP contribution is -2.14. The highest BCUT2D eigenvalue weighted by Gasteiger charge is 2.13. The van der Waals surface area contributed by atoms with Crippen molar-refractivity contribution >= 4 is 17.3 Å². The average Bonchev–Trinajstić information content (AvgIpc) is 3.12.